The number of amides is 1. The van der Waals surface area contributed by atoms with Crippen LogP contribution in [-0.4, -0.2) is 25.3 Å². The molecule has 1 aliphatic rings. The fourth-order valence-electron chi connectivity index (χ4n) is 2.24. The number of rotatable bonds is 2. The summed E-state index contributed by atoms with van der Waals surface area (Å²) in [7, 11) is 0. The molecule has 116 valence electrons. The number of alkyl halides is 3. The Labute approximate surface area is 120 Å². The molecule has 0 bridgehead atoms. The minimum Gasteiger partial charge on any atom is -0.444 e. The van der Waals surface area contributed by atoms with E-state index >= 15 is 0 Å². The van der Waals surface area contributed by atoms with E-state index in [0.717, 1.165) is 19.0 Å². The molecule has 0 spiro atoms. The van der Waals surface area contributed by atoms with Gasteiger partial charge in [0.15, 0.2) is 0 Å². The van der Waals surface area contributed by atoms with E-state index in [1.807, 2.05) is 6.92 Å². The Morgan fingerprint density at radius 1 is 1.38 bits per heavy atom. The van der Waals surface area contributed by atoms with Crippen LogP contribution < -0.4 is 10.6 Å². The van der Waals surface area contributed by atoms with E-state index in [1.165, 1.54) is 18.2 Å². The average molecular weight is 302 g/mol. The summed E-state index contributed by atoms with van der Waals surface area (Å²) in [6.07, 6.45) is -4.87. The molecule has 0 aliphatic carbocycles. The van der Waals surface area contributed by atoms with Crippen LogP contribution in [0.3, 0.4) is 0 Å². The number of piperidine rings is 1. The van der Waals surface area contributed by atoms with Crippen LogP contribution in [0, 0.1) is 5.92 Å². The van der Waals surface area contributed by atoms with Gasteiger partial charge in [0.1, 0.15) is 6.10 Å². The second-order valence-electron chi connectivity index (χ2n) is 5.08. The van der Waals surface area contributed by atoms with Crippen molar-refractivity contribution in [2.24, 2.45) is 5.92 Å². The van der Waals surface area contributed by atoms with Gasteiger partial charge in [-0.05, 0) is 31.0 Å². The third-order valence-corrected chi connectivity index (χ3v) is 3.48. The monoisotopic (exact) mass is 302 g/mol. The van der Waals surface area contributed by atoms with E-state index in [4.69, 9.17) is 4.74 Å². The van der Waals surface area contributed by atoms with Crippen LogP contribution in [0.5, 0.6) is 0 Å². The van der Waals surface area contributed by atoms with Gasteiger partial charge in [-0.3, -0.25) is 5.32 Å². The summed E-state index contributed by atoms with van der Waals surface area (Å²) in [4.78, 5) is 11.8. The van der Waals surface area contributed by atoms with E-state index in [9.17, 15) is 18.0 Å². The predicted octanol–water partition coefficient (Wildman–Crippen LogP) is 3.25. The molecule has 7 heteroatoms. The molecule has 2 atom stereocenters. The topological polar surface area (TPSA) is 50.4 Å². The normalized spacial score (nSPS) is 22.7. The smallest absolute Gasteiger partial charge is 0.418 e. The van der Waals surface area contributed by atoms with Gasteiger partial charge in [-0.1, -0.05) is 19.1 Å². The minimum atomic E-state index is -4.52. The van der Waals surface area contributed by atoms with Gasteiger partial charge in [-0.25, -0.2) is 4.79 Å². The number of nitrogens with one attached hydrogen (secondary N) is 2. The van der Waals surface area contributed by atoms with E-state index in [2.05, 4.69) is 10.6 Å². The quantitative estimate of drug-likeness (QED) is 0.881. The Balaban J connectivity index is 2.03. The summed E-state index contributed by atoms with van der Waals surface area (Å²) < 4.78 is 43.6. The van der Waals surface area contributed by atoms with Crippen molar-refractivity contribution >= 4 is 11.8 Å². The van der Waals surface area contributed by atoms with Crippen molar-refractivity contribution in [3.05, 3.63) is 29.8 Å². The first kappa shape index (κ1) is 15.6. The van der Waals surface area contributed by atoms with E-state index < -0.39 is 17.8 Å². The van der Waals surface area contributed by atoms with Gasteiger partial charge in [0.05, 0.1) is 11.3 Å². The van der Waals surface area contributed by atoms with Gasteiger partial charge >= 0.3 is 12.3 Å². The summed E-state index contributed by atoms with van der Waals surface area (Å²) in [5.74, 6) is 0.176. The summed E-state index contributed by atoms with van der Waals surface area (Å²) in [6, 6.07) is 4.81. The number of anilines is 1. The molecule has 1 amide bonds. The summed E-state index contributed by atoms with van der Waals surface area (Å²) in [5.41, 5.74) is -1.19. The Hall–Kier alpha value is -1.76. The molecule has 1 aromatic carbocycles. The van der Waals surface area contributed by atoms with Crippen molar-refractivity contribution in [2.45, 2.75) is 25.6 Å². The molecule has 2 rings (SSSR count). The van der Waals surface area contributed by atoms with Crippen molar-refractivity contribution in [1.29, 1.82) is 0 Å². The molecule has 1 heterocycles. The number of benzene rings is 1. The molecule has 0 aromatic heterocycles. The lowest BCUT2D eigenvalue weighted by Gasteiger charge is -2.29. The zero-order chi connectivity index (χ0) is 15.5. The van der Waals surface area contributed by atoms with Crippen LogP contribution in [0.2, 0.25) is 0 Å². The molecule has 1 aromatic rings. The van der Waals surface area contributed by atoms with Gasteiger partial charge in [0, 0.05) is 6.54 Å². The van der Waals surface area contributed by atoms with E-state index in [0.29, 0.717) is 6.54 Å². The first-order chi connectivity index (χ1) is 9.88. The van der Waals surface area contributed by atoms with Crippen molar-refractivity contribution in [3.63, 3.8) is 0 Å². The SMILES string of the molecule is CC1CCNCC1OC(=O)Nc1ccccc1C(F)(F)F. The summed E-state index contributed by atoms with van der Waals surface area (Å²) in [5, 5.41) is 5.26. The Bertz CT molecular complexity index is 505. The molecule has 1 saturated heterocycles. The largest absolute Gasteiger partial charge is 0.444 e. The maximum absolute atomic E-state index is 12.8. The van der Waals surface area contributed by atoms with Crippen molar-refractivity contribution in [3.8, 4) is 0 Å². The summed E-state index contributed by atoms with van der Waals surface area (Å²) >= 11 is 0. The molecule has 2 N–H and O–H groups in total. The highest BCUT2D eigenvalue weighted by Crippen LogP contribution is 2.34. The van der Waals surface area contributed by atoms with E-state index in [1.54, 1.807) is 0 Å². The first-order valence-electron chi connectivity index (χ1n) is 6.72. The Morgan fingerprint density at radius 3 is 2.76 bits per heavy atom. The number of hydrogen-bond acceptors (Lipinski definition) is 3. The molecule has 4 nitrogen and oxygen atoms in total. The third-order valence-electron chi connectivity index (χ3n) is 3.48. The van der Waals surface area contributed by atoms with Gasteiger partial charge in [0.2, 0.25) is 0 Å². The number of hydrogen-bond donors (Lipinski definition) is 2. The van der Waals surface area contributed by atoms with Crippen LogP contribution >= 0.6 is 0 Å². The van der Waals surface area contributed by atoms with Crippen LogP contribution in [-0.2, 0) is 10.9 Å². The van der Waals surface area contributed by atoms with Crippen LogP contribution in [0.1, 0.15) is 18.9 Å². The average Bonchev–Trinajstić information content (AvgIpc) is 2.41. The van der Waals surface area contributed by atoms with Gasteiger partial charge in [-0.15, -0.1) is 0 Å². The molecule has 1 fully saturated rings. The minimum absolute atomic E-state index is 0.176. The van der Waals surface area contributed by atoms with Gasteiger partial charge < -0.3 is 10.1 Å². The highest BCUT2D eigenvalue weighted by Gasteiger charge is 2.34. The molecular formula is C14H17F3N2O2. The molecule has 0 saturated carbocycles. The maximum Gasteiger partial charge on any atom is 0.418 e. The lowest BCUT2D eigenvalue weighted by molar-refractivity contribution is -0.136. The first-order valence-corrected chi connectivity index (χ1v) is 6.72. The lowest BCUT2D eigenvalue weighted by atomic mass is 9.97. The molecule has 0 radical (unpaired) electrons. The van der Waals surface area contributed by atoms with Gasteiger partial charge in [-0.2, -0.15) is 13.2 Å². The van der Waals surface area contributed by atoms with Crippen molar-refractivity contribution in [1.82, 2.24) is 5.32 Å². The molecule has 21 heavy (non-hydrogen) atoms. The van der Waals surface area contributed by atoms with Gasteiger partial charge in [0.25, 0.3) is 0 Å². The number of para-hydroxylation sites is 1. The predicted molar refractivity (Wildman–Crippen MR) is 72.0 cm³/mol. The fourth-order valence-corrected chi connectivity index (χ4v) is 2.24. The molecule has 2 unspecified atom stereocenters. The second-order valence-corrected chi connectivity index (χ2v) is 5.08. The van der Waals surface area contributed by atoms with E-state index in [-0.39, 0.29) is 17.7 Å². The third kappa shape index (κ3) is 4.10. The fraction of sp³-hybridized carbons (Fsp3) is 0.500. The van der Waals surface area contributed by atoms with Crippen LogP contribution in [0.4, 0.5) is 23.7 Å². The Morgan fingerprint density at radius 2 is 2.10 bits per heavy atom. The zero-order valence-electron chi connectivity index (χ0n) is 11.5. The van der Waals surface area contributed by atoms with Crippen LogP contribution in [0.15, 0.2) is 24.3 Å². The molecule has 1 aliphatic heterocycles. The van der Waals surface area contributed by atoms with Crippen LogP contribution in [0.25, 0.3) is 0 Å². The number of ether oxygens (including phenoxy) is 1. The highest BCUT2D eigenvalue weighted by molar-refractivity contribution is 5.86. The number of carbonyl (C=O) groups is 1. The van der Waals surface area contributed by atoms with Crippen molar-refractivity contribution < 1.29 is 22.7 Å². The molecular weight excluding hydrogens is 285 g/mol. The van der Waals surface area contributed by atoms with Crippen molar-refractivity contribution in [2.75, 3.05) is 18.4 Å². The Kier molecular flexibility index (Phi) is 4.72. The standard InChI is InChI=1S/C14H17F3N2O2/c1-9-6-7-18-8-12(9)21-13(20)19-11-5-3-2-4-10(11)14(15,16)17/h2-5,9,12,18H,6-8H2,1H3,(H,19,20). The number of halogens is 3. The second kappa shape index (κ2) is 6.34. The highest BCUT2D eigenvalue weighted by atomic mass is 19.4. The number of carbonyl (C=O) groups excluding carboxylic acids is 1. The zero-order valence-corrected chi connectivity index (χ0v) is 11.5. The summed E-state index contributed by atoms with van der Waals surface area (Å²) in [6.45, 7) is 3.30. The maximum atomic E-state index is 12.8. The lowest BCUT2D eigenvalue weighted by Crippen LogP contribution is -2.42.